The molecule has 0 unspecified atom stereocenters. The molecule has 1 aromatic rings. The van der Waals surface area contributed by atoms with Gasteiger partial charge in [-0.05, 0) is 37.0 Å². The van der Waals surface area contributed by atoms with Gasteiger partial charge in [-0.15, -0.1) is 0 Å². The normalized spacial score (nSPS) is 20.0. The number of nitrogens with zero attached hydrogens (tertiary/aromatic N) is 1. The number of ether oxygens (including phenoxy) is 1. The van der Waals surface area contributed by atoms with Crippen LogP contribution in [0.2, 0.25) is 0 Å². The van der Waals surface area contributed by atoms with Gasteiger partial charge >= 0.3 is 6.03 Å². The number of benzene rings is 1. The van der Waals surface area contributed by atoms with Crippen molar-refractivity contribution in [2.45, 2.75) is 37.8 Å². The Bertz CT molecular complexity index is 640. The molecule has 4 amide bonds. The molecule has 2 N–H and O–H groups in total. The Kier molecular flexibility index (Phi) is 4.69. The summed E-state index contributed by atoms with van der Waals surface area (Å²) in [6, 6.07) is 6.54. The maximum Gasteiger partial charge on any atom is 0.324 e. The van der Waals surface area contributed by atoms with Gasteiger partial charge in [-0.25, -0.2) is 4.79 Å². The van der Waals surface area contributed by atoms with Crippen molar-refractivity contribution in [3.05, 3.63) is 29.8 Å². The number of nitrogens with one attached hydrogen (secondary N) is 2. The van der Waals surface area contributed by atoms with E-state index >= 15 is 0 Å². The fraction of sp³-hybridized carbons (Fsp3) is 0.471. The number of carbonyl (C=O) groups excluding carboxylic acids is 3. The van der Waals surface area contributed by atoms with Gasteiger partial charge < -0.3 is 15.4 Å². The van der Waals surface area contributed by atoms with Crippen molar-refractivity contribution in [2.24, 2.45) is 0 Å². The number of rotatable bonds is 7. The van der Waals surface area contributed by atoms with E-state index in [9.17, 15) is 14.4 Å². The molecule has 2 aliphatic rings. The minimum atomic E-state index is -0.757. The van der Waals surface area contributed by atoms with E-state index in [0.29, 0.717) is 6.42 Å². The lowest BCUT2D eigenvalue weighted by atomic mass is 10.1. The number of carbonyl (C=O) groups is 3. The molecule has 1 aliphatic carbocycles. The summed E-state index contributed by atoms with van der Waals surface area (Å²) < 4.78 is 5.10. The number of imide groups is 1. The second kappa shape index (κ2) is 6.90. The Morgan fingerprint density at radius 1 is 1.29 bits per heavy atom. The lowest BCUT2D eigenvalue weighted by molar-refractivity contribution is -0.130. The van der Waals surface area contributed by atoms with Gasteiger partial charge in [0.05, 0.1) is 13.5 Å². The van der Waals surface area contributed by atoms with Crippen LogP contribution in [0.15, 0.2) is 24.3 Å². The Morgan fingerprint density at radius 2 is 2.00 bits per heavy atom. The lowest BCUT2D eigenvalue weighted by Gasteiger charge is -2.13. The first kappa shape index (κ1) is 16.3. The standard InChI is InChI=1S/C17H21N3O4/c1-24-13-6-2-11(3-7-13)8-9-20-16(22)14(19-17(20)23)10-15(21)18-12-4-5-12/h2-3,6-7,12,14H,4-5,8-10H2,1H3,(H,18,21)(H,19,23)/t14-/m1/s1. The summed E-state index contributed by atoms with van der Waals surface area (Å²) in [6.45, 7) is 0.289. The molecule has 0 bridgehead atoms. The molecule has 1 saturated carbocycles. The zero-order chi connectivity index (χ0) is 17.1. The molecule has 0 spiro atoms. The molecular weight excluding hydrogens is 310 g/mol. The predicted octanol–water partition coefficient (Wildman–Crippen LogP) is 0.827. The van der Waals surface area contributed by atoms with Crippen molar-refractivity contribution >= 4 is 17.8 Å². The van der Waals surface area contributed by atoms with Crippen LogP contribution in [0, 0.1) is 0 Å². The molecule has 1 aliphatic heterocycles. The summed E-state index contributed by atoms with van der Waals surface area (Å²) in [6.07, 6.45) is 2.54. The van der Waals surface area contributed by atoms with Crippen molar-refractivity contribution < 1.29 is 19.1 Å². The number of amides is 4. The fourth-order valence-corrected chi connectivity index (χ4v) is 2.66. The van der Waals surface area contributed by atoms with E-state index in [1.807, 2.05) is 24.3 Å². The lowest BCUT2D eigenvalue weighted by Crippen LogP contribution is -2.37. The number of hydrogen-bond donors (Lipinski definition) is 2. The first-order valence-electron chi connectivity index (χ1n) is 8.11. The van der Waals surface area contributed by atoms with Crippen molar-refractivity contribution in [3.63, 3.8) is 0 Å². The van der Waals surface area contributed by atoms with Crippen molar-refractivity contribution in [1.29, 1.82) is 0 Å². The molecule has 0 aromatic heterocycles. The molecule has 1 saturated heterocycles. The third kappa shape index (κ3) is 3.84. The smallest absolute Gasteiger partial charge is 0.324 e. The monoisotopic (exact) mass is 331 g/mol. The Labute approximate surface area is 140 Å². The average Bonchev–Trinajstić information content (AvgIpc) is 3.34. The highest BCUT2D eigenvalue weighted by atomic mass is 16.5. The summed E-state index contributed by atoms with van der Waals surface area (Å²) in [5.41, 5.74) is 1.01. The zero-order valence-corrected chi connectivity index (χ0v) is 13.6. The summed E-state index contributed by atoms with van der Waals surface area (Å²) in [7, 11) is 1.60. The van der Waals surface area contributed by atoms with E-state index in [-0.39, 0.29) is 30.8 Å². The molecule has 7 nitrogen and oxygen atoms in total. The van der Waals surface area contributed by atoms with Gasteiger partial charge in [-0.1, -0.05) is 12.1 Å². The molecule has 1 atom stereocenters. The topological polar surface area (TPSA) is 87.7 Å². The van der Waals surface area contributed by atoms with Gasteiger partial charge in [0.25, 0.3) is 5.91 Å². The summed E-state index contributed by atoms with van der Waals surface area (Å²) in [5, 5.41) is 5.42. The number of methoxy groups -OCH3 is 1. The molecule has 0 radical (unpaired) electrons. The van der Waals surface area contributed by atoms with Gasteiger partial charge in [-0.2, -0.15) is 0 Å². The highest BCUT2D eigenvalue weighted by Crippen LogP contribution is 2.19. The quantitative estimate of drug-likeness (QED) is 0.724. The Morgan fingerprint density at radius 3 is 2.62 bits per heavy atom. The highest BCUT2D eigenvalue weighted by Gasteiger charge is 2.39. The first-order chi connectivity index (χ1) is 11.6. The second-order valence-corrected chi connectivity index (χ2v) is 6.14. The van der Waals surface area contributed by atoms with E-state index in [1.165, 1.54) is 4.90 Å². The van der Waals surface area contributed by atoms with Gasteiger partial charge in [-0.3, -0.25) is 14.5 Å². The fourth-order valence-electron chi connectivity index (χ4n) is 2.66. The van der Waals surface area contributed by atoms with E-state index in [4.69, 9.17) is 4.74 Å². The molecular formula is C17H21N3O4. The van der Waals surface area contributed by atoms with Crippen molar-refractivity contribution in [3.8, 4) is 5.75 Å². The van der Waals surface area contributed by atoms with Gasteiger partial charge in [0.2, 0.25) is 5.91 Å². The van der Waals surface area contributed by atoms with Crippen LogP contribution in [0.4, 0.5) is 4.79 Å². The third-order valence-corrected chi connectivity index (χ3v) is 4.22. The number of urea groups is 1. The molecule has 7 heteroatoms. The van der Waals surface area contributed by atoms with Crippen LogP contribution >= 0.6 is 0 Å². The van der Waals surface area contributed by atoms with Crippen LogP contribution < -0.4 is 15.4 Å². The zero-order valence-electron chi connectivity index (χ0n) is 13.6. The summed E-state index contributed by atoms with van der Waals surface area (Å²) >= 11 is 0. The first-order valence-corrected chi connectivity index (χ1v) is 8.11. The van der Waals surface area contributed by atoms with E-state index in [2.05, 4.69) is 10.6 Å². The van der Waals surface area contributed by atoms with Gasteiger partial charge in [0, 0.05) is 12.6 Å². The molecule has 1 aromatic carbocycles. The Balaban J connectivity index is 1.52. The van der Waals surface area contributed by atoms with Gasteiger partial charge in [0.15, 0.2) is 0 Å². The van der Waals surface area contributed by atoms with E-state index in [0.717, 1.165) is 24.2 Å². The minimum Gasteiger partial charge on any atom is -0.497 e. The summed E-state index contributed by atoms with van der Waals surface area (Å²) in [4.78, 5) is 37.3. The maximum atomic E-state index is 12.3. The minimum absolute atomic E-state index is 0.000108. The molecule has 24 heavy (non-hydrogen) atoms. The number of hydrogen-bond acceptors (Lipinski definition) is 4. The van der Waals surface area contributed by atoms with Crippen LogP contribution in [0.3, 0.4) is 0 Å². The van der Waals surface area contributed by atoms with Crippen LogP contribution in [-0.2, 0) is 16.0 Å². The van der Waals surface area contributed by atoms with Crippen molar-refractivity contribution in [2.75, 3.05) is 13.7 Å². The van der Waals surface area contributed by atoms with Crippen LogP contribution in [-0.4, -0.2) is 48.5 Å². The SMILES string of the molecule is COc1ccc(CCN2C(=O)N[C@H](CC(=O)NC3CC3)C2=O)cc1. The van der Waals surface area contributed by atoms with Crippen LogP contribution in [0.25, 0.3) is 0 Å². The average molecular weight is 331 g/mol. The second-order valence-electron chi connectivity index (χ2n) is 6.14. The summed E-state index contributed by atoms with van der Waals surface area (Å²) in [5.74, 6) is 0.239. The van der Waals surface area contributed by atoms with E-state index < -0.39 is 12.1 Å². The van der Waals surface area contributed by atoms with E-state index in [1.54, 1.807) is 7.11 Å². The molecule has 2 fully saturated rings. The van der Waals surface area contributed by atoms with Crippen molar-refractivity contribution in [1.82, 2.24) is 15.5 Å². The third-order valence-electron chi connectivity index (χ3n) is 4.22. The molecule has 1 heterocycles. The highest BCUT2D eigenvalue weighted by molar-refractivity contribution is 6.05. The van der Waals surface area contributed by atoms with Crippen LogP contribution in [0.5, 0.6) is 5.75 Å². The van der Waals surface area contributed by atoms with Gasteiger partial charge in [0.1, 0.15) is 11.8 Å². The van der Waals surface area contributed by atoms with Crippen LogP contribution in [0.1, 0.15) is 24.8 Å². The largest absolute Gasteiger partial charge is 0.497 e. The Hall–Kier alpha value is -2.57. The molecule has 3 rings (SSSR count). The molecule has 128 valence electrons. The maximum absolute atomic E-state index is 12.3. The predicted molar refractivity (Wildman–Crippen MR) is 86.5 cm³/mol.